The molecule has 0 saturated heterocycles. The van der Waals surface area contributed by atoms with Crippen molar-refractivity contribution in [2.24, 2.45) is 23.1 Å². The molecule has 0 fully saturated rings. The molecule has 0 spiro atoms. The number of hydrogen-bond acceptors (Lipinski definition) is 9. The Kier molecular flexibility index (Phi) is 12.2. The summed E-state index contributed by atoms with van der Waals surface area (Å²) >= 11 is 0. The number of ether oxygens (including phenoxy) is 1. The molecule has 6 atom stereocenters. The summed E-state index contributed by atoms with van der Waals surface area (Å²) in [5.74, 6) is -3.03. The van der Waals surface area contributed by atoms with E-state index in [1.807, 2.05) is 6.92 Å². The van der Waals surface area contributed by atoms with Crippen LogP contribution in [0.3, 0.4) is 0 Å². The van der Waals surface area contributed by atoms with E-state index in [2.05, 4.69) is 4.74 Å². The molecule has 10 nitrogen and oxygen atoms in total. The average molecular weight is 351 g/mol. The lowest BCUT2D eigenvalue weighted by atomic mass is 10.0. The molecule has 0 unspecified atom stereocenters. The van der Waals surface area contributed by atoms with Gasteiger partial charge < -0.3 is 37.3 Å². The maximum Gasteiger partial charge on any atom is 0.333 e. The highest BCUT2D eigenvalue weighted by molar-refractivity contribution is 5.91. The van der Waals surface area contributed by atoms with Crippen LogP contribution in [0.1, 0.15) is 34.1 Å². The first kappa shape index (κ1) is 24.7. The summed E-state index contributed by atoms with van der Waals surface area (Å²) < 4.78 is 4.47. The summed E-state index contributed by atoms with van der Waals surface area (Å²) in [6.45, 7) is 6.33. The van der Waals surface area contributed by atoms with E-state index in [0.717, 1.165) is 0 Å². The number of carbonyl (C=O) groups excluding carboxylic acids is 2. The molecule has 10 heteroatoms. The van der Waals surface area contributed by atoms with Crippen molar-refractivity contribution in [1.82, 2.24) is 0 Å². The highest BCUT2D eigenvalue weighted by Crippen LogP contribution is 2.07. The fourth-order valence-corrected chi connectivity index (χ4v) is 1.12. The van der Waals surface area contributed by atoms with Crippen molar-refractivity contribution >= 4 is 17.9 Å². The number of carbonyl (C=O) groups is 3. The van der Waals surface area contributed by atoms with E-state index >= 15 is 0 Å². The smallest absolute Gasteiger partial charge is 0.333 e. The molecule has 0 heterocycles. The third-order valence-corrected chi connectivity index (χ3v) is 3.33. The Bertz CT molecular complexity index is 415. The van der Waals surface area contributed by atoms with Crippen LogP contribution in [0.25, 0.3) is 0 Å². The van der Waals surface area contributed by atoms with E-state index in [1.54, 1.807) is 6.92 Å². The maximum absolute atomic E-state index is 11.4. The number of nitrogens with two attached hydrogens (primary N) is 3. The lowest BCUT2D eigenvalue weighted by Crippen LogP contribution is -2.46. The highest BCUT2D eigenvalue weighted by atomic mass is 16.6. The molecule has 9 N–H and O–H groups in total. The summed E-state index contributed by atoms with van der Waals surface area (Å²) in [4.78, 5) is 32.5. The molecule has 0 aliphatic rings. The summed E-state index contributed by atoms with van der Waals surface area (Å²) in [7, 11) is 0. The fraction of sp³-hybridized carbons (Fsp3) is 0.786. The van der Waals surface area contributed by atoms with Crippen LogP contribution in [0.15, 0.2) is 0 Å². The number of esters is 2. The number of aliphatic hydroxyl groups is 2. The minimum atomic E-state index is -1.23. The molecule has 0 aromatic heterocycles. The van der Waals surface area contributed by atoms with Gasteiger partial charge in [0.05, 0.1) is 12.2 Å². The molecule has 0 aliphatic carbocycles. The summed E-state index contributed by atoms with van der Waals surface area (Å²) in [6, 6.07) is -3.24. The van der Waals surface area contributed by atoms with Crippen molar-refractivity contribution in [1.29, 1.82) is 0 Å². The van der Waals surface area contributed by atoms with Gasteiger partial charge in [0.2, 0.25) is 0 Å². The Hall–Kier alpha value is -1.59. The summed E-state index contributed by atoms with van der Waals surface area (Å²) in [5, 5.41) is 25.6. The first-order valence-corrected chi connectivity index (χ1v) is 7.47. The van der Waals surface area contributed by atoms with Crippen LogP contribution in [0.4, 0.5) is 0 Å². The monoisotopic (exact) mass is 351 g/mol. The van der Waals surface area contributed by atoms with Gasteiger partial charge in [0.15, 0.2) is 0 Å². The Labute approximate surface area is 140 Å². The van der Waals surface area contributed by atoms with Gasteiger partial charge in [-0.3, -0.25) is 4.79 Å². The number of rotatable bonds is 7. The van der Waals surface area contributed by atoms with E-state index in [-0.39, 0.29) is 5.92 Å². The third kappa shape index (κ3) is 9.53. The zero-order chi connectivity index (χ0) is 19.6. The molecule has 0 radical (unpaired) electrons. The molecule has 0 bridgehead atoms. The van der Waals surface area contributed by atoms with Crippen LogP contribution in [0, 0.1) is 5.92 Å². The largest absolute Gasteiger partial charge is 0.480 e. The van der Waals surface area contributed by atoms with Gasteiger partial charge in [-0.15, -0.1) is 0 Å². The average Bonchev–Trinajstić information content (AvgIpc) is 2.51. The molecule has 0 aromatic carbocycles. The number of aliphatic hydroxyl groups excluding tert-OH is 2. The van der Waals surface area contributed by atoms with Crippen molar-refractivity contribution in [3.8, 4) is 0 Å². The fourth-order valence-electron chi connectivity index (χ4n) is 1.12. The van der Waals surface area contributed by atoms with Crippen LogP contribution in [-0.2, 0) is 19.1 Å². The molecular weight excluding hydrogens is 322 g/mol. The van der Waals surface area contributed by atoms with Gasteiger partial charge in [-0.25, -0.2) is 9.59 Å². The standard InChI is InChI=1S/C10H20N2O4.C4H9NO3/c1-4-5(2)7(11)9(14)16-10(15)8(12)6(3)13;1-2(6)3(5)4(7)8/h5-8,13H,4,11-12H2,1-3H3;2-3,6H,5H2,1H3,(H,7,8)/t5-,6+,7-,8-;2-,3+/m01/s1. The lowest BCUT2D eigenvalue weighted by molar-refractivity contribution is -0.163. The van der Waals surface area contributed by atoms with E-state index < -0.39 is 48.2 Å². The van der Waals surface area contributed by atoms with E-state index in [9.17, 15) is 14.4 Å². The second kappa shape index (κ2) is 11.9. The van der Waals surface area contributed by atoms with Gasteiger partial charge in [0, 0.05) is 0 Å². The third-order valence-electron chi connectivity index (χ3n) is 3.33. The van der Waals surface area contributed by atoms with E-state index in [4.69, 9.17) is 32.5 Å². The second-order valence-electron chi connectivity index (χ2n) is 5.52. The van der Waals surface area contributed by atoms with Crippen molar-refractivity contribution in [2.45, 2.75) is 64.4 Å². The normalized spacial score (nSPS) is 18.0. The van der Waals surface area contributed by atoms with Crippen LogP contribution < -0.4 is 17.2 Å². The molecule has 142 valence electrons. The topological polar surface area (TPSA) is 199 Å². The van der Waals surface area contributed by atoms with Gasteiger partial charge in [-0.1, -0.05) is 20.3 Å². The first-order valence-electron chi connectivity index (χ1n) is 7.47. The van der Waals surface area contributed by atoms with Crippen LogP contribution in [-0.4, -0.2) is 63.6 Å². The molecular formula is C14H29N3O7. The lowest BCUT2D eigenvalue weighted by Gasteiger charge is -2.18. The SMILES string of the molecule is CC[C@H](C)[C@H](N)C(=O)OC(=O)[C@@H](N)[C@@H](C)O.C[C@@H](O)[C@H](N)C(=O)O. The molecule has 0 aliphatic heterocycles. The van der Waals surface area contributed by atoms with Crippen LogP contribution in [0.5, 0.6) is 0 Å². The first-order chi connectivity index (χ1) is 10.9. The molecule has 0 saturated carbocycles. The molecule has 24 heavy (non-hydrogen) atoms. The van der Waals surface area contributed by atoms with E-state index in [1.165, 1.54) is 13.8 Å². The number of carboxylic acid groups (broad SMARTS) is 1. The predicted molar refractivity (Wildman–Crippen MR) is 85.5 cm³/mol. The van der Waals surface area contributed by atoms with Crippen molar-refractivity contribution in [2.75, 3.05) is 0 Å². The van der Waals surface area contributed by atoms with Gasteiger partial charge in [0.25, 0.3) is 0 Å². The van der Waals surface area contributed by atoms with Crippen LogP contribution in [0.2, 0.25) is 0 Å². The minimum Gasteiger partial charge on any atom is -0.480 e. The zero-order valence-corrected chi connectivity index (χ0v) is 14.4. The zero-order valence-electron chi connectivity index (χ0n) is 14.4. The van der Waals surface area contributed by atoms with Crippen molar-refractivity contribution in [3.05, 3.63) is 0 Å². The highest BCUT2D eigenvalue weighted by Gasteiger charge is 2.27. The van der Waals surface area contributed by atoms with E-state index in [0.29, 0.717) is 6.42 Å². The summed E-state index contributed by atoms with van der Waals surface area (Å²) in [5.41, 5.74) is 15.8. The molecule has 0 aromatic rings. The van der Waals surface area contributed by atoms with Crippen molar-refractivity contribution < 1.29 is 34.4 Å². The second-order valence-corrected chi connectivity index (χ2v) is 5.52. The predicted octanol–water partition coefficient (Wildman–Crippen LogP) is -2.08. The molecule has 0 rings (SSSR count). The van der Waals surface area contributed by atoms with Crippen LogP contribution >= 0.6 is 0 Å². The van der Waals surface area contributed by atoms with Gasteiger partial charge in [-0.2, -0.15) is 0 Å². The Morgan fingerprint density at radius 2 is 1.25 bits per heavy atom. The number of hydrogen-bond donors (Lipinski definition) is 6. The minimum absolute atomic E-state index is 0.0805. The van der Waals surface area contributed by atoms with Gasteiger partial charge in [-0.05, 0) is 19.8 Å². The van der Waals surface area contributed by atoms with Crippen molar-refractivity contribution in [3.63, 3.8) is 0 Å². The van der Waals surface area contributed by atoms with Gasteiger partial charge >= 0.3 is 17.9 Å². The number of carboxylic acids is 1. The Morgan fingerprint density at radius 3 is 1.50 bits per heavy atom. The summed E-state index contributed by atoms with van der Waals surface area (Å²) in [6.07, 6.45) is -1.35. The Balaban J connectivity index is 0. The Morgan fingerprint density at radius 1 is 0.875 bits per heavy atom. The molecule has 0 amide bonds. The van der Waals surface area contributed by atoms with Gasteiger partial charge in [0.1, 0.15) is 18.1 Å². The quantitative estimate of drug-likeness (QED) is 0.218. The maximum atomic E-state index is 11.4. The number of aliphatic carboxylic acids is 1.